The molecule has 1 aliphatic rings. The highest BCUT2D eigenvalue weighted by molar-refractivity contribution is 5.67. The second-order valence-corrected chi connectivity index (χ2v) is 6.22. The summed E-state index contributed by atoms with van der Waals surface area (Å²) in [6.07, 6.45) is 0. The van der Waals surface area contributed by atoms with Crippen LogP contribution in [0.3, 0.4) is 0 Å². The van der Waals surface area contributed by atoms with Crippen LogP contribution < -0.4 is 10.2 Å². The van der Waals surface area contributed by atoms with Gasteiger partial charge in [0.05, 0.1) is 30.5 Å². The topological polar surface area (TPSA) is 74.1 Å². The Labute approximate surface area is 158 Å². The van der Waals surface area contributed by atoms with Crippen LogP contribution in [0.25, 0.3) is 11.3 Å². The van der Waals surface area contributed by atoms with Crippen molar-refractivity contribution in [1.29, 1.82) is 5.26 Å². The van der Waals surface area contributed by atoms with Crippen molar-refractivity contribution in [2.75, 3.05) is 36.5 Å². The summed E-state index contributed by atoms with van der Waals surface area (Å²) in [4.78, 5) is 11.6. The number of anilines is 3. The van der Waals surface area contributed by atoms with E-state index >= 15 is 0 Å². The molecule has 1 aliphatic heterocycles. The maximum Gasteiger partial charge on any atom is 0.228 e. The van der Waals surface area contributed by atoms with E-state index in [-0.39, 0.29) is 0 Å². The molecule has 1 aromatic heterocycles. The Hall–Kier alpha value is -3.43. The van der Waals surface area contributed by atoms with E-state index in [1.54, 1.807) is 12.1 Å². The average molecular weight is 357 g/mol. The zero-order valence-corrected chi connectivity index (χ0v) is 14.8. The van der Waals surface area contributed by atoms with Crippen molar-refractivity contribution in [3.05, 3.63) is 66.2 Å². The van der Waals surface area contributed by atoms with Crippen LogP contribution in [0.2, 0.25) is 0 Å². The molecular formula is C21H19N5O. The Bertz CT molecular complexity index is 945. The molecule has 1 saturated heterocycles. The first-order chi connectivity index (χ1) is 13.3. The monoisotopic (exact) mass is 357 g/mol. The van der Waals surface area contributed by atoms with Crippen LogP contribution >= 0.6 is 0 Å². The van der Waals surface area contributed by atoms with Gasteiger partial charge in [0.15, 0.2) is 0 Å². The Balaban J connectivity index is 1.69. The lowest BCUT2D eigenvalue weighted by atomic mass is 10.1. The average Bonchev–Trinajstić information content (AvgIpc) is 2.75. The second-order valence-electron chi connectivity index (χ2n) is 6.22. The predicted octanol–water partition coefficient (Wildman–Crippen LogP) is 3.60. The third-order valence-electron chi connectivity index (χ3n) is 4.36. The first-order valence-electron chi connectivity index (χ1n) is 8.86. The normalized spacial score (nSPS) is 13.8. The number of nitriles is 1. The van der Waals surface area contributed by atoms with Gasteiger partial charge in [-0.1, -0.05) is 30.3 Å². The first kappa shape index (κ1) is 17.0. The number of rotatable bonds is 4. The van der Waals surface area contributed by atoms with Crippen molar-refractivity contribution >= 4 is 17.5 Å². The van der Waals surface area contributed by atoms with Crippen molar-refractivity contribution in [1.82, 2.24) is 9.97 Å². The Kier molecular flexibility index (Phi) is 4.95. The Morgan fingerprint density at radius 2 is 1.70 bits per heavy atom. The molecule has 0 radical (unpaired) electrons. The molecule has 0 aliphatic carbocycles. The predicted molar refractivity (Wildman–Crippen MR) is 105 cm³/mol. The molecule has 134 valence electrons. The number of nitrogens with one attached hydrogen (secondary N) is 1. The van der Waals surface area contributed by atoms with E-state index in [1.807, 2.05) is 48.5 Å². The van der Waals surface area contributed by atoms with Crippen LogP contribution in [0, 0.1) is 11.3 Å². The summed E-state index contributed by atoms with van der Waals surface area (Å²) >= 11 is 0. The third kappa shape index (κ3) is 4.05. The van der Waals surface area contributed by atoms with Gasteiger partial charge in [0.25, 0.3) is 0 Å². The van der Waals surface area contributed by atoms with Crippen LogP contribution in [-0.4, -0.2) is 36.3 Å². The molecule has 0 unspecified atom stereocenters. The second kappa shape index (κ2) is 7.85. The van der Waals surface area contributed by atoms with Crippen molar-refractivity contribution in [3.63, 3.8) is 0 Å². The minimum atomic E-state index is 0.627. The fourth-order valence-corrected chi connectivity index (χ4v) is 2.94. The summed E-state index contributed by atoms with van der Waals surface area (Å²) < 4.78 is 5.44. The standard InChI is InChI=1S/C21H19N5O/c22-15-16-6-8-18(9-7-16)23-20-14-19(17-4-2-1-3-5-17)24-21(25-20)26-10-12-27-13-11-26/h1-9,14H,10-13H2,(H,23,24,25). The molecule has 27 heavy (non-hydrogen) atoms. The summed E-state index contributed by atoms with van der Waals surface area (Å²) in [5, 5.41) is 12.3. The molecule has 3 aromatic rings. The van der Waals surface area contributed by atoms with E-state index in [0.29, 0.717) is 24.7 Å². The van der Waals surface area contributed by atoms with Gasteiger partial charge >= 0.3 is 0 Å². The van der Waals surface area contributed by atoms with Gasteiger partial charge in [0, 0.05) is 30.4 Å². The van der Waals surface area contributed by atoms with Gasteiger partial charge in [-0.25, -0.2) is 4.98 Å². The van der Waals surface area contributed by atoms with E-state index < -0.39 is 0 Å². The van der Waals surface area contributed by atoms with Gasteiger partial charge in [-0.05, 0) is 24.3 Å². The maximum absolute atomic E-state index is 8.95. The minimum Gasteiger partial charge on any atom is -0.378 e. The number of morpholine rings is 1. The molecular weight excluding hydrogens is 338 g/mol. The van der Waals surface area contributed by atoms with Gasteiger partial charge in [-0.2, -0.15) is 10.2 Å². The van der Waals surface area contributed by atoms with E-state index in [0.717, 1.165) is 35.9 Å². The number of hydrogen-bond acceptors (Lipinski definition) is 6. The third-order valence-corrected chi connectivity index (χ3v) is 4.36. The van der Waals surface area contributed by atoms with Gasteiger partial charge in [0.1, 0.15) is 5.82 Å². The van der Waals surface area contributed by atoms with E-state index in [4.69, 9.17) is 20.0 Å². The van der Waals surface area contributed by atoms with Crippen LogP contribution in [0.5, 0.6) is 0 Å². The number of ether oxygens (including phenoxy) is 1. The number of hydrogen-bond donors (Lipinski definition) is 1. The molecule has 6 heteroatoms. The minimum absolute atomic E-state index is 0.627. The molecule has 2 heterocycles. The van der Waals surface area contributed by atoms with Crippen molar-refractivity contribution in [2.45, 2.75) is 0 Å². The Morgan fingerprint density at radius 3 is 2.41 bits per heavy atom. The molecule has 0 spiro atoms. The van der Waals surface area contributed by atoms with Crippen LogP contribution in [0.15, 0.2) is 60.7 Å². The van der Waals surface area contributed by atoms with Crippen molar-refractivity contribution in [2.24, 2.45) is 0 Å². The van der Waals surface area contributed by atoms with Gasteiger partial charge in [-0.15, -0.1) is 0 Å². The molecule has 6 nitrogen and oxygen atoms in total. The largest absolute Gasteiger partial charge is 0.378 e. The fraction of sp³-hybridized carbons (Fsp3) is 0.190. The number of nitrogens with zero attached hydrogens (tertiary/aromatic N) is 4. The SMILES string of the molecule is N#Cc1ccc(Nc2cc(-c3ccccc3)nc(N3CCOCC3)n2)cc1. The van der Waals surface area contributed by atoms with E-state index in [9.17, 15) is 0 Å². The van der Waals surface area contributed by atoms with Gasteiger partial charge < -0.3 is 15.0 Å². The lowest BCUT2D eigenvalue weighted by molar-refractivity contribution is 0.122. The molecule has 0 amide bonds. The molecule has 1 N–H and O–H groups in total. The quantitative estimate of drug-likeness (QED) is 0.769. The zero-order chi connectivity index (χ0) is 18.5. The fourth-order valence-electron chi connectivity index (χ4n) is 2.94. The summed E-state index contributed by atoms with van der Waals surface area (Å²) in [6.45, 7) is 2.90. The Morgan fingerprint density at radius 1 is 0.963 bits per heavy atom. The summed E-state index contributed by atoms with van der Waals surface area (Å²) in [5.41, 5.74) is 3.40. The van der Waals surface area contributed by atoms with Crippen molar-refractivity contribution < 1.29 is 4.74 Å². The van der Waals surface area contributed by atoms with Crippen LogP contribution in [-0.2, 0) is 4.74 Å². The molecule has 2 aromatic carbocycles. The smallest absolute Gasteiger partial charge is 0.228 e. The van der Waals surface area contributed by atoms with Gasteiger partial charge in [-0.3, -0.25) is 0 Å². The van der Waals surface area contributed by atoms with Crippen LogP contribution in [0.1, 0.15) is 5.56 Å². The van der Waals surface area contributed by atoms with Crippen LogP contribution in [0.4, 0.5) is 17.5 Å². The zero-order valence-electron chi connectivity index (χ0n) is 14.8. The highest BCUT2D eigenvalue weighted by atomic mass is 16.5. The van der Waals surface area contributed by atoms with E-state index in [2.05, 4.69) is 16.3 Å². The van der Waals surface area contributed by atoms with Crippen molar-refractivity contribution in [3.8, 4) is 17.3 Å². The highest BCUT2D eigenvalue weighted by Gasteiger charge is 2.16. The van der Waals surface area contributed by atoms with E-state index in [1.165, 1.54) is 0 Å². The first-order valence-corrected chi connectivity index (χ1v) is 8.86. The molecule has 0 bridgehead atoms. The summed E-state index contributed by atoms with van der Waals surface area (Å²) in [7, 11) is 0. The molecule has 0 saturated carbocycles. The number of benzene rings is 2. The summed E-state index contributed by atoms with van der Waals surface area (Å²) in [5.74, 6) is 1.41. The maximum atomic E-state index is 8.95. The molecule has 0 atom stereocenters. The summed E-state index contributed by atoms with van der Waals surface area (Å²) in [6, 6.07) is 21.4. The lowest BCUT2D eigenvalue weighted by Gasteiger charge is -2.27. The lowest BCUT2D eigenvalue weighted by Crippen LogP contribution is -2.37. The highest BCUT2D eigenvalue weighted by Crippen LogP contribution is 2.25. The molecule has 1 fully saturated rings. The van der Waals surface area contributed by atoms with Gasteiger partial charge in [0.2, 0.25) is 5.95 Å². The molecule has 4 rings (SSSR count). The number of aromatic nitrogens is 2.